The van der Waals surface area contributed by atoms with E-state index in [9.17, 15) is 14.3 Å². The minimum atomic E-state index is -1.16. The second-order valence-electron chi connectivity index (χ2n) is 7.57. The zero-order valence-corrected chi connectivity index (χ0v) is 17.2. The number of ether oxygens (including phenoxy) is 2. The van der Waals surface area contributed by atoms with Gasteiger partial charge in [0.1, 0.15) is 23.5 Å². The highest BCUT2D eigenvalue weighted by Gasteiger charge is 2.25. The largest absolute Gasteiger partial charge is 0.485 e. The number of aryl methyl sites for hydroxylation is 1. The van der Waals surface area contributed by atoms with E-state index in [2.05, 4.69) is 4.98 Å². The number of aliphatic hydroxyl groups excluding tert-OH is 1. The number of benzene rings is 2. The van der Waals surface area contributed by atoms with E-state index in [-0.39, 0.29) is 11.4 Å². The van der Waals surface area contributed by atoms with Gasteiger partial charge >= 0.3 is 5.97 Å². The molecule has 2 aromatic carbocycles. The van der Waals surface area contributed by atoms with Crippen LogP contribution in [0.3, 0.4) is 0 Å². The zero-order valence-electron chi connectivity index (χ0n) is 17.2. The van der Waals surface area contributed by atoms with Crippen molar-refractivity contribution in [3.8, 4) is 22.8 Å². The van der Waals surface area contributed by atoms with Crippen molar-refractivity contribution < 1.29 is 33.3 Å². The number of hydrogen-bond acceptors (Lipinski definition) is 5. The smallest absolute Gasteiger partial charge is 0.306 e. The molecule has 166 valence electrons. The number of nitrogens with zero attached hydrogens (tertiary/aromatic N) is 1. The predicted molar refractivity (Wildman–Crippen MR) is 111 cm³/mol. The second-order valence-corrected chi connectivity index (χ2v) is 7.57. The fraction of sp³-hybridized carbons (Fsp3) is 0.250. The highest BCUT2D eigenvalue weighted by Crippen LogP contribution is 2.38. The van der Waals surface area contributed by atoms with Gasteiger partial charge in [-0.15, -0.1) is 0 Å². The molecule has 0 saturated carbocycles. The lowest BCUT2D eigenvalue weighted by molar-refractivity contribution is -0.139. The number of pyridine rings is 1. The molecular weight excluding hydrogens is 420 g/mol. The van der Waals surface area contributed by atoms with Crippen LogP contribution in [0.25, 0.3) is 11.1 Å². The molecule has 6 nitrogen and oxygen atoms in total. The summed E-state index contributed by atoms with van der Waals surface area (Å²) >= 11 is 0. The quantitative estimate of drug-likeness (QED) is 0.581. The van der Waals surface area contributed by atoms with Crippen molar-refractivity contribution in [3.63, 3.8) is 0 Å². The van der Waals surface area contributed by atoms with Crippen molar-refractivity contribution >= 4 is 5.97 Å². The molecule has 1 aliphatic heterocycles. The van der Waals surface area contributed by atoms with Crippen LogP contribution in [0.5, 0.6) is 11.6 Å². The number of aliphatic hydroxyl groups is 1. The van der Waals surface area contributed by atoms with Gasteiger partial charge in [0.15, 0.2) is 0 Å². The van der Waals surface area contributed by atoms with Crippen LogP contribution in [0, 0.1) is 11.6 Å². The molecule has 1 aliphatic rings. The third-order valence-electron chi connectivity index (χ3n) is 5.49. The summed E-state index contributed by atoms with van der Waals surface area (Å²) in [6, 6.07) is 10.9. The van der Waals surface area contributed by atoms with Gasteiger partial charge in [0.2, 0.25) is 5.88 Å². The summed E-state index contributed by atoms with van der Waals surface area (Å²) in [5.74, 6) is -1.53. The van der Waals surface area contributed by atoms with Crippen LogP contribution in [-0.2, 0) is 11.2 Å². The van der Waals surface area contributed by atoms with Gasteiger partial charge in [0, 0.05) is 17.2 Å². The Kier molecular flexibility index (Phi) is 6.05. The van der Waals surface area contributed by atoms with Crippen LogP contribution in [-0.4, -0.2) is 28.3 Å². The van der Waals surface area contributed by atoms with Gasteiger partial charge in [-0.25, -0.2) is 13.8 Å². The molecule has 2 heterocycles. The first kappa shape index (κ1) is 21.7. The predicted octanol–water partition coefficient (Wildman–Crippen LogP) is 4.61. The number of halogens is 2. The van der Waals surface area contributed by atoms with E-state index in [1.165, 1.54) is 19.2 Å². The number of aliphatic carboxylic acids is 1. The normalized spacial score (nSPS) is 16.1. The molecule has 8 heteroatoms. The third kappa shape index (κ3) is 4.40. The Labute approximate surface area is 183 Å². The standard InChI is InChI=1S/C24H21F2NO5/c1-31-23-10-17(19(26)12-27-23)14-4-6-16(18(25)8-14)21-7-5-13-2-3-15(9-22(13)32-21)20(28)11-24(29)30/h2-4,6,8-10,12,20-21,28H,5,7,11H2,1H3,(H,29,30)/t20-,21?/m1/s1. The van der Waals surface area contributed by atoms with Crippen LogP contribution >= 0.6 is 0 Å². The molecule has 4 rings (SSSR count). The first-order valence-corrected chi connectivity index (χ1v) is 10.0. The van der Waals surface area contributed by atoms with Crippen molar-refractivity contribution in [2.45, 2.75) is 31.5 Å². The molecule has 0 bridgehead atoms. The van der Waals surface area contributed by atoms with Gasteiger partial charge in [-0.2, -0.15) is 0 Å². The van der Waals surface area contributed by atoms with E-state index in [1.54, 1.807) is 30.3 Å². The van der Waals surface area contributed by atoms with E-state index in [0.717, 1.165) is 11.8 Å². The van der Waals surface area contributed by atoms with E-state index < -0.39 is 36.2 Å². The number of fused-ring (bicyclic) bond motifs is 1. The highest BCUT2D eigenvalue weighted by molar-refractivity contribution is 5.68. The van der Waals surface area contributed by atoms with Gasteiger partial charge < -0.3 is 19.7 Å². The Morgan fingerprint density at radius 2 is 2.03 bits per heavy atom. The summed E-state index contributed by atoms with van der Waals surface area (Å²) in [7, 11) is 1.41. The number of hydrogen-bond donors (Lipinski definition) is 2. The SMILES string of the molecule is COc1cc(-c2ccc(C3CCc4ccc([C@H](O)CC(=O)O)cc4O3)c(F)c2)c(F)cn1. The monoisotopic (exact) mass is 441 g/mol. The topological polar surface area (TPSA) is 88.9 Å². The lowest BCUT2D eigenvalue weighted by Crippen LogP contribution is -2.17. The zero-order chi connectivity index (χ0) is 22.8. The molecular formula is C24H21F2NO5. The molecule has 0 saturated heterocycles. The number of carboxylic acid groups (broad SMARTS) is 1. The van der Waals surface area contributed by atoms with Gasteiger partial charge in [-0.3, -0.25) is 4.79 Å². The molecule has 3 aromatic rings. The molecule has 0 radical (unpaired) electrons. The molecule has 0 fully saturated rings. The van der Waals surface area contributed by atoms with Crippen molar-refractivity contribution in [2.75, 3.05) is 7.11 Å². The van der Waals surface area contributed by atoms with E-state index in [4.69, 9.17) is 14.6 Å². The Hall–Kier alpha value is -3.52. The van der Waals surface area contributed by atoms with E-state index >= 15 is 4.39 Å². The molecule has 1 unspecified atom stereocenters. The number of carboxylic acids is 1. The maximum Gasteiger partial charge on any atom is 0.306 e. The lowest BCUT2D eigenvalue weighted by atomic mass is 9.94. The van der Waals surface area contributed by atoms with E-state index in [1.807, 2.05) is 0 Å². The number of carbonyl (C=O) groups is 1. The van der Waals surface area contributed by atoms with Crippen LogP contribution in [0.4, 0.5) is 8.78 Å². The summed E-state index contributed by atoms with van der Waals surface area (Å²) in [4.78, 5) is 14.7. The summed E-state index contributed by atoms with van der Waals surface area (Å²) < 4.78 is 40.2. The number of aromatic nitrogens is 1. The number of rotatable bonds is 6. The van der Waals surface area contributed by atoms with E-state index in [0.29, 0.717) is 35.3 Å². The first-order chi connectivity index (χ1) is 15.4. The van der Waals surface area contributed by atoms with Crippen LogP contribution < -0.4 is 9.47 Å². The Morgan fingerprint density at radius 3 is 2.75 bits per heavy atom. The highest BCUT2D eigenvalue weighted by atomic mass is 19.1. The first-order valence-electron chi connectivity index (χ1n) is 10.0. The fourth-order valence-electron chi connectivity index (χ4n) is 3.80. The van der Waals surface area contributed by atoms with Crippen LogP contribution in [0.2, 0.25) is 0 Å². The fourth-order valence-corrected chi connectivity index (χ4v) is 3.80. The second kappa shape index (κ2) is 8.92. The molecule has 2 N–H and O–H groups in total. The summed E-state index contributed by atoms with van der Waals surface area (Å²) in [6.07, 6.45) is 0.0432. The molecule has 2 atom stereocenters. The van der Waals surface area contributed by atoms with Gasteiger partial charge in [0.05, 0.1) is 25.8 Å². The lowest BCUT2D eigenvalue weighted by Gasteiger charge is -2.27. The Balaban J connectivity index is 1.59. The van der Waals surface area contributed by atoms with Gasteiger partial charge in [-0.1, -0.05) is 24.3 Å². The maximum absolute atomic E-state index is 15.0. The maximum atomic E-state index is 15.0. The van der Waals surface area contributed by atoms with Crippen molar-refractivity contribution in [3.05, 3.63) is 77.0 Å². The average Bonchev–Trinajstić information content (AvgIpc) is 2.78. The Bertz CT molecular complexity index is 1170. The molecule has 1 aromatic heterocycles. The molecule has 0 aliphatic carbocycles. The summed E-state index contributed by atoms with van der Waals surface area (Å²) in [5.41, 5.74) is 2.17. The summed E-state index contributed by atoms with van der Waals surface area (Å²) in [6.45, 7) is 0. The minimum Gasteiger partial charge on any atom is -0.485 e. The van der Waals surface area contributed by atoms with Crippen molar-refractivity contribution in [1.29, 1.82) is 0 Å². The van der Waals surface area contributed by atoms with Crippen molar-refractivity contribution in [2.24, 2.45) is 0 Å². The molecule has 32 heavy (non-hydrogen) atoms. The Morgan fingerprint density at radius 1 is 1.22 bits per heavy atom. The minimum absolute atomic E-state index is 0.175. The number of methoxy groups -OCH3 is 1. The van der Waals surface area contributed by atoms with Crippen LogP contribution in [0.1, 0.15) is 41.7 Å². The average molecular weight is 441 g/mol. The third-order valence-corrected chi connectivity index (χ3v) is 5.49. The van der Waals surface area contributed by atoms with Gasteiger partial charge in [0.25, 0.3) is 0 Å². The van der Waals surface area contributed by atoms with Crippen LogP contribution in [0.15, 0.2) is 48.7 Å². The molecule has 0 amide bonds. The van der Waals surface area contributed by atoms with Crippen molar-refractivity contribution in [1.82, 2.24) is 4.98 Å². The molecule has 0 spiro atoms. The summed E-state index contributed by atoms with van der Waals surface area (Å²) in [5, 5.41) is 19.0. The van der Waals surface area contributed by atoms with Gasteiger partial charge in [-0.05, 0) is 41.7 Å².